The fourth-order valence-corrected chi connectivity index (χ4v) is 2.78. The van der Waals surface area contributed by atoms with Crippen molar-refractivity contribution in [2.75, 3.05) is 6.61 Å². The lowest BCUT2D eigenvalue weighted by atomic mass is 10.1. The average molecular weight is 351 g/mol. The molecule has 134 valence electrons. The van der Waals surface area contributed by atoms with Crippen molar-refractivity contribution in [3.63, 3.8) is 0 Å². The van der Waals surface area contributed by atoms with Gasteiger partial charge >= 0.3 is 0 Å². The smallest absolute Gasteiger partial charge is 0.295 e. The minimum atomic E-state index is -0.362. The third-order valence-electron chi connectivity index (χ3n) is 4.35. The number of nitro groups is 1. The molecule has 0 atom stereocenters. The van der Waals surface area contributed by atoms with Gasteiger partial charge in [-0.25, -0.2) is 4.68 Å². The van der Waals surface area contributed by atoms with Crippen LogP contribution in [-0.2, 0) is 17.8 Å². The zero-order valence-electron chi connectivity index (χ0n) is 14.9. The number of ether oxygens (including phenoxy) is 1. The average Bonchev–Trinajstić information content (AvgIpc) is 3.10. The lowest BCUT2D eigenvalue weighted by Crippen LogP contribution is -2.09. The van der Waals surface area contributed by atoms with E-state index in [1.165, 1.54) is 0 Å². The molecular weight excluding hydrogens is 330 g/mol. The second-order valence-electron chi connectivity index (χ2n) is 6.20. The minimum Gasteiger partial charge on any atom is -0.376 e. The number of hydrogen-bond donors (Lipinski definition) is 0. The summed E-state index contributed by atoms with van der Waals surface area (Å²) >= 11 is 0. The molecule has 0 fully saturated rings. The summed E-state index contributed by atoms with van der Waals surface area (Å²) < 4.78 is 7.36. The lowest BCUT2D eigenvalue weighted by Gasteiger charge is -2.11. The molecule has 3 aromatic rings. The maximum absolute atomic E-state index is 11.4. The van der Waals surface area contributed by atoms with Crippen LogP contribution in [0.2, 0.25) is 0 Å². The highest BCUT2D eigenvalue weighted by Gasteiger charge is 2.19. The summed E-state index contributed by atoms with van der Waals surface area (Å²) in [6, 6.07) is 15.2. The Morgan fingerprint density at radius 1 is 1.12 bits per heavy atom. The minimum absolute atomic E-state index is 0.0586. The molecule has 0 spiro atoms. The maximum Gasteiger partial charge on any atom is 0.295 e. The molecule has 0 aliphatic heterocycles. The Morgan fingerprint density at radius 3 is 2.58 bits per heavy atom. The Hall–Kier alpha value is -2.99. The predicted molar refractivity (Wildman–Crippen MR) is 99.5 cm³/mol. The van der Waals surface area contributed by atoms with Gasteiger partial charge in [0.25, 0.3) is 5.69 Å². The Balaban J connectivity index is 1.75. The molecule has 6 heteroatoms. The zero-order valence-corrected chi connectivity index (χ0v) is 14.9. The lowest BCUT2D eigenvalue weighted by molar-refractivity contribution is -0.384. The van der Waals surface area contributed by atoms with Crippen molar-refractivity contribution in [1.82, 2.24) is 9.78 Å². The van der Waals surface area contributed by atoms with E-state index in [4.69, 9.17) is 4.74 Å². The highest BCUT2D eigenvalue weighted by molar-refractivity contribution is 5.56. The molecule has 0 saturated heterocycles. The summed E-state index contributed by atoms with van der Waals surface area (Å²) in [6.07, 6.45) is 2.28. The van der Waals surface area contributed by atoms with Crippen LogP contribution in [0, 0.1) is 24.0 Å². The zero-order chi connectivity index (χ0) is 18.5. The first-order valence-electron chi connectivity index (χ1n) is 8.47. The van der Waals surface area contributed by atoms with Gasteiger partial charge in [0.15, 0.2) is 0 Å². The molecule has 0 aliphatic carbocycles. The second-order valence-corrected chi connectivity index (χ2v) is 6.20. The van der Waals surface area contributed by atoms with Gasteiger partial charge in [0, 0.05) is 24.4 Å². The standard InChI is InChI=1S/C20H21N3O3/c1-15-12-19(20(23(24)25)13-16(15)2)22-18(8-10-21-22)9-11-26-14-17-6-4-3-5-7-17/h3-8,10,12-13H,9,11,14H2,1-2H3. The molecule has 1 heterocycles. The monoisotopic (exact) mass is 351 g/mol. The van der Waals surface area contributed by atoms with E-state index < -0.39 is 0 Å². The number of benzene rings is 2. The molecule has 3 rings (SSSR count). The highest BCUT2D eigenvalue weighted by Crippen LogP contribution is 2.27. The van der Waals surface area contributed by atoms with Crippen LogP contribution in [0.3, 0.4) is 0 Å². The summed E-state index contributed by atoms with van der Waals surface area (Å²) in [5.74, 6) is 0. The molecule has 26 heavy (non-hydrogen) atoms. The van der Waals surface area contributed by atoms with Gasteiger partial charge in [-0.15, -0.1) is 0 Å². The maximum atomic E-state index is 11.4. The molecule has 2 aromatic carbocycles. The second kappa shape index (κ2) is 7.93. The molecule has 0 radical (unpaired) electrons. The van der Waals surface area contributed by atoms with E-state index in [9.17, 15) is 10.1 Å². The van der Waals surface area contributed by atoms with Crippen LogP contribution in [0.25, 0.3) is 5.69 Å². The Labute approximate surface area is 152 Å². The van der Waals surface area contributed by atoms with Crippen molar-refractivity contribution >= 4 is 5.69 Å². The van der Waals surface area contributed by atoms with E-state index in [1.54, 1.807) is 16.9 Å². The predicted octanol–water partition coefficient (Wildman–Crippen LogP) is 4.16. The van der Waals surface area contributed by atoms with Crippen molar-refractivity contribution < 1.29 is 9.66 Å². The van der Waals surface area contributed by atoms with Gasteiger partial charge in [-0.1, -0.05) is 30.3 Å². The van der Waals surface area contributed by atoms with E-state index in [2.05, 4.69) is 5.10 Å². The molecule has 0 saturated carbocycles. The van der Waals surface area contributed by atoms with Crippen molar-refractivity contribution in [3.8, 4) is 5.69 Å². The molecule has 0 amide bonds. The van der Waals surface area contributed by atoms with Crippen LogP contribution in [0.5, 0.6) is 0 Å². The van der Waals surface area contributed by atoms with E-state index in [0.29, 0.717) is 25.3 Å². The fraction of sp³-hybridized carbons (Fsp3) is 0.250. The van der Waals surface area contributed by atoms with Gasteiger partial charge in [-0.3, -0.25) is 10.1 Å². The van der Waals surface area contributed by atoms with Gasteiger partial charge in [0.1, 0.15) is 5.69 Å². The fourth-order valence-electron chi connectivity index (χ4n) is 2.78. The molecule has 0 aliphatic rings. The Bertz CT molecular complexity index is 904. The first-order valence-corrected chi connectivity index (χ1v) is 8.47. The Morgan fingerprint density at radius 2 is 1.85 bits per heavy atom. The summed E-state index contributed by atoms with van der Waals surface area (Å²) in [5, 5.41) is 15.7. The van der Waals surface area contributed by atoms with Crippen molar-refractivity contribution in [3.05, 3.63) is 87.2 Å². The van der Waals surface area contributed by atoms with Gasteiger partial charge in [0.05, 0.1) is 18.1 Å². The van der Waals surface area contributed by atoms with Crippen molar-refractivity contribution in [2.24, 2.45) is 0 Å². The van der Waals surface area contributed by atoms with Crippen LogP contribution in [0.15, 0.2) is 54.7 Å². The number of rotatable bonds is 7. The quantitative estimate of drug-likeness (QED) is 0.364. The van der Waals surface area contributed by atoms with Crippen LogP contribution in [0.4, 0.5) is 5.69 Å². The van der Waals surface area contributed by atoms with Crippen LogP contribution in [0.1, 0.15) is 22.4 Å². The van der Waals surface area contributed by atoms with Gasteiger partial charge in [-0.2, -0.15) is 5.10 Å². The Kier molecular flexibility index (Phi) is 5.43. The van der Waals surface area contributed by atoms with Crippen LogP contribution >= 0.6 is 0 Å². The normalized spacial score (nSPS) is 10.8. The molecule has 0 N–H and O–H groups in total. The largest absolute Gasteiger partial charge is 0.376 e. The summed E-state index contributed by atoms with van der Waals surface area (Å²) in [4.78, 5) is 11.1. The number of hydrogen-bond acceptors (Lipinski definition) is 4. The van der Waals surface area contributed by atoms with E-state index in [1.807, 2.05) is 56.3 Å². The van der Waals surface area contributed by atoms with E-state index in [-0.39, 0.29) is 10.6 Å². The highest BCUT2D eigenvalue weighted by atomic mass is 16.6. The topological polar surface area (TPSA) is 70.2 Å². The van der Waals surface area contributed by atoms with Crippen LogP contribution in [-0.4, -0.2) is 21.3 Å². The summed E-state index contributed by atoms with van der Waals surface area (Å²) in [6.45, 7) is 4.86. The molecule has 1 aromatic heterocycles. The van der Waals surface area contributed by atoms with Gasteiger partial charge < -0.3 is 4.74 Å². The van der Waals surface area contributed by atoms with Gasteiger partial charge in [0.2, 0.25) is 0 Å². The molecule has 0 unspecified atom stereocenters. The summed E-state index contributed by atoms with van der Waals surface area (Å²) in [5.41, 5.74) is 4.42. The molecule has 0 bridgehead atoms. The summed E-state index contributed by atoms with van der Waals surface area (Å²) in [7, 11) is 0. The van der Waals surface area contributed by atoms with Crippen molar-refractivity contribution in [1.29, 1.82) is 0 Å². The molecular formula is C20H21N3O3. The van der Waals surface area contributed by atoms with Crippen molar-refractivity contribution in [2.45, 2.75) is 26.9 Å². The van der Waals surface area contributed by atoms with Crippen LogP contribution < -0.4 is 0 Å². The third-order valence-corrected chi connectivity index (χ3v) is 4.35. The van der Waals surface area contributed by atoms with Gasteiger partial charge in [-0.05, 0) is 42.7 Å². The number of aromatic nitrogens is 2. The first kappa shape index (κ1) is 17.8. The molecule has 6 nitrogen and oxygen atoms in total. The van der Waals surface area contributed by atoms with E-state index in [0.717, 1.165) is 22.4 Å². The SMILES string of the molecule is Cc1cc(-n2nccc2CCOCc2ccccc2)c([N+](=O)[O-])cc1C. The number of nitrogens with zero attached hydrogens (tertiary/aromatic N) is 3. The number of nitro benzene ring substituents is 1. The number of aryl methyl sites for hydroxylation is 2. The third kappa shape index (κ3) is 3.97. The van der Waals surface area contributed by atoms with E-state index >= 15 is 0 Å². The first-order chi connectivity index (χ1) is 12.6.